The number of hydrogen-bond donors (Lipinski definition) is 1. The Morgan fingerprint density at radius 2 is 2.29 bits per heavy atom. The van der Waals surface area contributed by atoms with Crippen LogP contribution in [0.25, 0.3) is 10.2 Å². The van der Waals surface area contributed by atoms with Crippen LogP contribution in [0.3, 0.4) is 0 Å². The van der Waals surface area contributed by atoms with Crippen LogP contribution >= 0.6 is 22.9 Å². The number of halogens is 1. The summed E-state index contributed by atoms with van der Waals surface area (Å²) < 4.78 is 11.6. The summed E-state index contributed by atoms with van der Waals surface area (Å²) in [6, 6.07) is 5.65. The molecule has 1 aromatic carbocycles. The molecule has 1 aromatic heterocycles. The molecule has 0 radical (unpaired) electrons. The molecule has 2 rings (SSSR count). The van der Waals surface area contributed by atoms with Crippen molar-refractivity contribution in [1.82, 2.24) is 4.98 Å². The molecule has 0 spiro atoms. The van der Waals surface area contributed by atoms with Crippen LogP contribution in [0, 0.1) is 0 Å². The van der Waals surface area contributed by atoms with Crippen LogP contribution in [0.1, 0.15) is 13.3 Å². The number of thiazole rings is 1. The molecule has 1 heterocycles. The Bertz CT molecular complexity index is 615. The van der Waals surface area contributed by atoms with Crippen LogP contribution in [-0.4, -0.2) is 36.6 Å². The minimum absolute atomic E-state index is 0.258. The lowest BCUT2D eigenvalue weighted by Gasteiger charge is -2.05. The lowest BCUT2D eigenvalue weighted by Crippen LogP contribution is -2.19. The van der Waals surface area contributed by atoms with E-state index in [-0.39, 0.29) is 5.91 Å². The monoisotopic (exact) mass is 328 g/mol. The van der Waals surface area contributed by atoms with Gasteiger partial charge in [-0.1, -0.05) is 11.3 Å². The number of amides is 1. The number of carbonyl (C=O) groups is 1. The number of alkyl halides is 1. The Labute approximate surface area is 132 Å². The van der Waals surface area contributed by atoms with E-state index >= 15 is 0 Å². The molecule has 1 N–H and O–H groups in total. The van der Waals surface area contributed by atoms with Crippen molar-refractivity contribution in [2.45, 2.75) is 18.7 Å². The van der Waals surface area contributed by atoms with Crippen molar-refractivity contribution in [3.05, 3.63) is 18.2 Å². The lowest BCUT2D eigenvalue weighted by atomic mass is 10.3. The third-order valence-corrected chi connectivity index (χ3v) is 3.84. The van der Waals surface area contributed by atoms with Gasteiger partial charge in [0.15, 0.2) is 5.13 Å². The van der Waals surface area contributed by atoms with Crippen molar-refractivity contribution in [3.63, 3.8) is 0 Å². The fourth-order valence-electron chi connectivity index (χ4n) is 1.65. The second kappa shape index (κ2) is 7.59. The van der Waals surface area contributed by atoms with Gasteiger partial charge in [-0.15, -0.1) is 11.6 Å². The maximum Gasteiger partial charge on any atom is 0.243 e. The Morgan fingerprint density at radius 1 is 1.48 bits per heavy atom. The van der Waals surface area contributed by atoms with E-state index < -0.39 is 5.38 Å². The van der Waals surface area contributed by atoms with E-state index in [1.54, 1.807) is 14.0 Å². The SMILES string of the molecule is COCCCOc1ccc2nc(NC(=O)[C@@H](C)Cl)sc2c1. The second-order valence-corrected chi connectivity index (χ2v) is 6.13. The van der Waals surface area contributed by atoms with Crippen molar-refractivity contribution in [2.75, 3.05) is 25.6 Å². The number of benzene rings is 1. The maximum absolute atomic E-state index is 11.5. The summed E-state index contributed by atoms with van der Waals surface area (Å²) in [6.07, 6.45) is 0.839. The number of aromatic nitrogens is 1. The largest absolute Gasteiger partial charge is 0.493 e. The van der Waals surface area contributed by atoms with Crippen molar-refractivity contribution in [1.29, 1.82) is 0 Å². The Balaban J connectivity index is 2.04. The summed E-state index contributed by atoms with van der Waals surface area (Å²) in [4.78, 5) is 15.9. The van der Waals surface area contributed by atoms with Gasteiger partial charge in [0, 0.05) is 20.1 Å². The van der Waals surface area contributed by atoms with Gasteiger partial charge in [0.25, 0.3) is 0 Å². The number of methoxy groups -OCH3 is 1. The van der Waals surface area contributed by atoms with Crippen LogP contribution < -0.4 is 10.1 Å². The summed E-state index contributed by atoms with van der Waals surface area (Å²) in [7, 11) is 1.67. The first-order chi connectivity index (χ1) is 10.1. The van der Waals surface area contributed by atoms with E-state index in [0.29, 0.717) is 18.3 Å². The molecule has 0 aliphatic carbocycles. The maximum atomic E-state index is 11.5. The van der Waals surface area contributed by atoms with E-state index in [9.17, 15) is 4.79 Å². The van der Waals surface area contributed by atoms with E-state index in [4.69, 9.17) is 21.1 Å². The number of nitrogens with one attached hydrogen (secondary N) is 1. The van der Waals surface area contributed by atoms with Crippen LogP contribution in [0.5, 0.6) is 5.75 Å². The fourth-order valence-corrected chi connectivity index (χ4v) is 2.60. The predicted molar refractivity (Wildman–Crippen MR) is 85.6 cm³/mol. The van der Waals surface area contributed by atoms with Gasteiger partial charge in [-0.05, 0) is 25.1 Å². The van der Waals surface area contributed by atoms with Crippen LogP contribution in [-0.2, 0) is 9.53 Å². The molecule has 21 heavy (non-hydrogen) atoms. The normalized spacial score (nSPS) is 12.3. The smallest absolute Gasteiger partial charge is 0.243 e. The third-order valence-electron chi connectivity index (χ3n) is 2.71. The number of anilines is 1. The molecule has 114 valence electrons. The number of nitrogens with zero attached hydrogens (tertiary/aromatic N) is 1. The lowest BCUT2D eigenvalue weighted by molar-refractivity contribution is -0.115. The van der Waals surface area contributed by atoms with Crippen molar-refractivity contribution >= 4 is 44.2 Å². The second-order valence-electron chi connectivity index (χ2n) is 4.45. The third kappa shape index (κ3) is 4.56. The van der Waals surface area contributed by atoms with Crippen LogP contribution in [0.15, 0.2) is 18.2 Å². The summed E-state index contributed by atoms with van der Waals surface area (Å²) in [5.74, 6) is 0.526. The topological polar surface area (TPSA) is 60.5 Å². The number of hydrogen-bond acceptors (Lipinski definition) is 5. The first-order valence-electron chi connectivity index (χ1n) is 6.57. The molecule has 0 saturated heterocycles. The fraction of sp³-hybridized carbons (Fsp3) is 0.429. The molecule has 0 aliphatic heterocycles. The molecule has 1 atom stereocenters. The van der Waals surface area contributed by atoms with E-state index in [1.165, 1.54) is 11.3 Å². The van der Waals surface area contributed by atoms with E-state index in [0.717, 1.165) is 22.4 Å². The average Bonchev–Trinajstić information content (AvgIpc) is 2.84. The predicted octanol–water partition coefficient (Wildman–Crippen LogP) is 3.28. The highest BCUT2D eigenvalue weighted by Gasteiger charge is 2.12. The molecule has 0 bridgehead atoms. The quantitative estimate of drug-likeness (QED) is 0.626. The summed E-state index contributed by atoms with van der Waals surface area (Å²) in [5.41, 5.74) is 0.821. The van der Waals surface area contributed by atoms with Crippen LogP contribution in [0.4, 0.5) is 5.13 Å². The molecule has 0 aliphatic rings. The van der Waals surface area contributed by atoms with Crippen molar-refractivity contribution in [3.8, 4) is 5.75 Å². The highest BCUT2D eigenvalue weighted by molar-refractivity contribution is 7.22. The van der Waals surface area contributed by atoms with Gasteiger partial charge in [-0.3, -0.25) is 4.79 Å². The highest BCUT2D eigenvalue weighted by Crippen LogP contribution is 2.29. The number of ether oxygens (including phenoxy) is 2. The van der Waals surface area contributed by atoms with E-state index in [2.05, 4.69) is 10.3 Å². The van der Waals surface area contributed by atoms with Crippen LogP contribution in [0.2, 0.25) is 0 Å². The molecule has 0 unspecified atom stereocenters. The molecular formula is C14H17ClN2O3S. The number of carbonyl (C=O) groups excluding carboxylic acids is 1. The molecule has 1 amide bonds. The van der Waals surface area contributed by atoms with Gasteiger partial charge >= 0.3 is 0 Å². The molecule has 0 fully saturated rings. The molecule has 7 heteroatoms. The summed E-state index contributed by atoms with van der Waals surface area (Å²) >= 11 is 7.11. The molecule has 2 aromatic rings. The number of rotatable bonds is 7. The minimum Gasteiger partial charge on any atom is -0.493 e. The zero-order valence-corrected chi connectivity index (χ0v) is 13.5. The van der Waals surface area contributed by atoms with Crippen molar-refractivity contribution in [2.24, 2.45) is 0 Å². The Morgan fingerprint density at radius 3 is 3.00 bits per heavy atom. The number of fused-ring (bicyclic) bond motifs is 1. The zero-order valence-electron chi connectivity index (χ0n) is 11.9. The van der Waals surface area contributed by atoms with Crippen molar-refractivity contribution < 1.29 is 14.3 Å². The molecule has 5 nitrogen and oxygen atoms in total. The summed E-state index contributed by atoms with van der Waals surface area (Å²) in [5, 5.41) is 2.64. The summed E-state index contributed by atoms with van der Waals surface area (Å²) in [6.45, 7) is 2.90. The molecular weight excluding hydrogens is 312 g/mol. The van der Waals surface area contributed by atoms with Gasteiger partial charge in [-0.2, -0.15) is 0 Å². The van der Waals surface area contributed by atoms with Gasteiger partial charge < -0.3 is 14.8 Å². The van der Waals surface area contributed by atoms with Gasteiger partial charge in [0.05, 0.1) is 16.8 Å². The van der Waals surface area contributed by atoms with Gasteiger partial charge in [0.1, 0.15) is 11.1 Å². The molecule has 0 saturated carbocycles. The Hall–Kier alpha value is -1.37. The average molecular weight is 329 g/mol. The minimum atomic E-state index is -0.586. The highest BCUT2D eigenvalue weighted by atomic mass is 35.5. The van der Waals surface area contributed by atoms with E-state index in [1.807, 2.05) is 18.2 Å². The van der Waals surface area contributed by atoms with Gasteiger partial charge in [-0.25, -0.2) is 4.98 Å². The first-order valence-corrected chi connectivity index (χ1v) is 7.82. The zero-order chi connectivity index (χ0) is 15.2. The van der Waals surface area contributed by atoms with Gasteiger partial charge in [0.2, 0.25) is 5.91 Å². The first kappa shape index (κ1) is 16.0. The Kier molecular flexibility index (Phi) is 5.78. The standard InChI is InChI=1S/C14H17ClN2O3S/c1-9(15)13(18)17-14-16-11-5-4-10(8-12(11)21-14)20-7-3-6-19-2/h4-5,8-9H,3,6-7H2,1-2H3,(H,16,17,18)/t9-/m1/s1.